The number of esters is 1. The normalized spacial score (nSPS) is 11.8. The van der Waals surface area contributed by atoms with E-state index in [9.17, 15) is 4.79 Å². The zero-order valence-corrected chi connectivity index (χ0v) is 14.0. The van der Waals surface area contributed by atoms with E-state index >= 15 is 0 Å². The molecule has 0 saturated heterocycles. The molecular formula is C18H25ClO2. The van der Waals surface area contributed by atoms with E-state index in [1.54, 1.807) is 0 Å². The Hall–Kier alpha value is -1.28. The third kappa shape index (κ3) is 6.34. The van der Waals surface area contributed by atoms with E-state index in [0.29, 0.717) is 6.61 Å². The average molecular weight is 309 g/mol. The second kappa shape index (κ2) is 8.89. The molecule has 0 amide bonds. The van der Waals surface area contributed by atoms with Gasteiger partial charge in [-0.2, -0.15) is 0 Å². The van der Waals surface area contributed by atoms with Crippen molar-refractivity contribution in [3.63, 3.8) is 0 Å². The van der Waals surface area contributed by atoms with Crippen molar-refractivity contribution in [2.24, 2.45) is 5.41 Å². The van der Waals surface area contributed by atoms with E-state index in [1.165, 1.54) is 0 Å². The van der Waals surface area contributed by atoms with Crippen LogP contribution in [0.3, 0.4) is 0 Å². The zero-order valence-electron chi connectivity index (χ0n) is 13.2. The number of ether oxygens (including phenoxy) is 1. The molecule has 1 rings (SSSR count). The Bertz CT molecular complexity index is 478. The fourth-order valence-corrected chi connectivity index (χ4v) is 2.28. The average Bonchev–Trinajstić information content (AvgIpc) is 2.44. The SMILES string of the molecule is CCOC(=O)C(C)(C)CCCC/C=C/c1ccccc1Cl. The Labute approximate surface area is 133 Å². The lowest BCUT2D eigenvalue weighted by Gasteiger charge is -2.21. The number of rotatable bonds is 8. The number of carbonyl (C=O) groups excluding carboxylic acids is 1. The number of unbranched alkanes of at least 4 members (excludes halogenated alkanes) is 2. The van der Waals surface area contributed by atoms with Crippen LogP contribution in [-0.4, -0.2) is 12.6 Å². The van der Waals surface area contributed by atoms with Crippen LogP contribution in [0, 0.1) is 5.41 Å². The minimum absolute atomic E-state index is 0.100. The first kappa shape index (κ1) is 17.8. The molecule has 1 aromatic carbocycles. The van der Waals surface area contributed by atoms with Crippen molar-refractivity contribution in [2.45, 2.75) is 46.5 Å². The molecule has 116 valence electrons. The topological polar surface area (TPSA) is 26.3 Å². The number of benzene rings is 1. The van der Waals surface area contributed by atoms with E-state index < -0.39 is 0 Å². The molecule has 0 aliphatic carbocycles. The molecule has 0 aliphatic rings. The molecule has 2 nitrogen and oxygen atoms in total. The van der Waals surface area contributed by atoms with Crippen LogP contribution in [0.15, 0.2) is 30.3 Å². The lowest BCUT2D eigenvalue weighted by Crippen LogP contribution is -2.26. The lowest BCUT2D eigenvalue weighted by molar-refractivity contribution is -0.153. The van der Waals surface area contributed by atoms with Crippen molar-refractivity contribution in [1.29, 1.82) is 0 Å². The molecule has 0 radical (unpaired) electrons. The fourth-order valence-electron chi connectivity index (χ4n) is 2.08. The highest BCUT2D eigenvalue weighted by Gasteiger charge is 2.28. The summed E-state index contributed by atoms with van der Waals surface area (Å²) in [6.07, 6.45) is 8.11. The molecule has 0 heterocycles. The van der Waals surface area contributed by atoms with E-state index in [1.807, 2.05) is 45.0 Å². The van der Waals surface area contributed by atoms with Gasteiger partial charge in [-0.15, -0.1) is 0 Å². The van der Waals surface area contributed by atoms with Crippen LogP contribution in [0.1, 0.15) is 52.0 Å². The molecule has 21 heavy (non-hydrogen) atoms. The summed E-state index contributed by atoms with van der Waals surface area (Å²) >= 11 is 6.09. The molecule has 0 N–H and O–H groups in total. The van der Waals surface area contributed by atoms with Gasteiger partial charge in [-0.3, -0.25) is 4.79 Å². The summed E-state index contributed by atoms with van der Waals surface area (Å²) in [4.78, 5) is 11.8. The summed E-state index contributed by atoms with van der Waals surface area (Å²) in [5.74, 6) is -0.100. The third-order valence-corrected chi connectivity index (χ3v) is 3.80. The quantitative estimate of drug-likeness (QED) is 0.468. The molecule has 0 bridgehead atoms. The Morgan fingerprint density at radius 3 is 2.67 bits per heavy atom. The van der Waals surface area contributed by atoms with Gasteiger partial charge in [0, 0.05) is 5.02 Å². The molecule has 0 saturated carbocycles. The van der Waals surface area contributed by atoms with Crippen LogP contribution in [0.2, 0.25) is 5.02 Å². The summed E-state index contributed by atoms with van der Waals surface area (Å²) in [5, 5.41) is 0.775. The molecule has 0 fully saturated rings. The van der Waals surface area contributed by atoms with E-state index in [4.69, 9.17) is 16.3 Å². The van der Waals surface area contributed by atoms with Crippen LogP contribution in [0.5, 0.6) is 0 Å². The van der Waals surface area contributed by atoms with Crippen molar-refractivity contribution in [3.8, 4) is 0 Å². The number of halogens is 1. The van der Waals surface area contributed by atoms with E-state index in [0.717, 1.165) is 36.3 Å². The van der Waals surface area contributed by atoms with E-state index in [2.05, 4.69) is 12.2 Å². The van der Waals surface area contributed by atoms with Gasteiger partial charge in [-0.1, -0.05) is 48.4 Å². The largest absolute Gasteiger partial charge is 0.466 e. The second-order valence-electron chi connectivity index (χ2n) is 5.77. The van der Waals surface area contributed by atoms with Crippen molar-refractivity contribution < 1.29 is 9.53 Å². The van der Waals surface area contributed by atoms with Gasteiger partial charge in [0.1, 0.15) is 0 Å². The Balaban J connectivity index is 2.29. The summed E-state index contributed by atoms with van der Waals surface area (Å²) in [5.41, 5.74) is 0.661. The van der Waals surface area contributed by atoms with Gasteiger partial charge in [0.05, 0.1) is 12.0 Å². The number of hydrogen-bond acceptors (Lipinski definition) is 2. The molecule has 0 aliphatic heterocycles. The Morgan fingerprint density at radius 2 is 2.00 bits per heavy atom. The zero-order chi connectivity index (χ0) is 15.7. The highest BCUT2D eigenvalue weighted by atomic mass is 35.5. The number of carbonyl (C=O) groups is 1. The van der Waals surface area contributed by atoms with Gasteiger partial charge in [-0.25, -0.2) is 0 Å². The molecule has 0 spiro atoms. The molecule has 0 aromatic heterocycles. The third-order valence-electron chi connectivity index (χ3n) is 3.45. The van der Waals surface area contributed by atoms with Crippen LogP contribution in [0.4, 0.5) is 0 Å². The number of hydrogen-bond donors (Lipinski definition) is 0. The highest BCUT2D eigenvalue weighted by molar-refractivity contribution is 6.32. The van der Waals surface area contributed by atoms with Gasteiger partial charge >= 0.3 is 5.97 Å². The standard InChI is InChI=1S/C18H25ClO2/c1-4-21-17(20)18(2,3)14-10-6-5-7-11-15-12-8-9-13-16(15)19/h7-9,11-13H,4-6,10,14H2,1-3H3/b11-7+. The van der Waals surface area contributed by atoms with Crippen molar-refractivity contribution in [3.05, 3.63) is 40.9 Å². The van der Waals surface area contributed by atoms with E-state index in [-0.39, 0.29) is 11.4 Å². The predicted octanol–water partition coefficient (Wildman–Crippen LogP) is 5.50. The minimum atomic E-state index is -0.386. The van der Waals surface area contributed by atoms with Gasteiger partial charge < -0.3 is 4.74 Å². The smallest absolute Gasteiger partial charge is 0.311 e. The summed E-state index contributed by atoms with van der Waals surface area (Å²) in [6, 6.07) is 7.80. The van der Waals surface area contributed by atoms with Crippen LogP contribution >= 0.6 is 11.6 Å². The summed E-state index contributed by atoms with van der Waals surface area (Å²) in [7, 11) is 0. The molecule has 1 aromatic rings. The molecule has 0 atom stereocenters. The maximum absolute atomic E-state index is 11.8. The maximum atomic E-state index is 11.8. The van der Waals surface area contributed by atoms with Crippen LogP contribution in [0.25, 0.3) is 6.08 Å². The van der Waals surface area contributed by atoms with Gasteiger partial charge in [0.25, 0.3) is 0 Å². The van der Waals surface area contributed by atoms with Crippen LogP contribution in [-0.2, 0) is 9.53 Å². The molecule has 3 heteroatoms. The molecule has 0 unspecified atom stereocenters. The molecular weight excluding hydrogens is 284 g/mol. The number of allylic oxidation sites excluding steroid dienone is 1. The van der Waals surface area contributed by atoms with Gasteiger partial charge in [-0.05, 0) is 51.7 Å². The minimum Gasteiger partial charge on any atom is -0.466 e. The first-order chi connectivity index (χ1) is 9.97. The predicted molar refractivity (Wildman–Crippen MR) is 89.4 cm³/mol. The lowest BCUT2D eigenvalue weighted by atomic mass is 9.87. The second-order valence-corrected chi connectivity index (χ2v) is 6.18. The van der Waals surface area contributed by atoms with Gasteiger partial charge in [0.2, 0.25) is 0 Å². The van der Waals surface area contributed by atoms with Crippen molar-refractivity contribution in [1.82, 2.24) is 0 Å². The van der Waals surface area contributed by atoms with Gasteiger partial charge in [0.15, 0.2) is 0 Å². The van der Waals surface area contributed by atoms with Crippen molar-refractivity contribution >= 4 is 23.6 Å². The summed E-state index contributed by atoms with van der Waals surface area (Å²) < 4.78 is 5.09. The Kier molecular flexibility index (Phi) is 7.52. The highest BCUT2D eigenvalue weighted by Crippen LogP contribution is 2.25. The van der Waals surface area contributed by atoms with Crippen molar-refractivity contribution in [2.75, 3.05) is 6.61 Å². The monoisotopic (exact) mass is 308 g/mol. The first-order valence-corrected chi connectivity index (χ1v) is 7.93. The van der Waals surface area contributed by atoms with Crippen LogP contribution < -0.4 is 0 Å². The fraction of sp³-hybridized carbons (Fsp3) is 0.500. The summed E-state index contributed by atoms with van der Waals surface area (Å²) in [6.45, 7) is 6.19. The maximum Gasteiger partial charge on any atom is 0.311 e. The first-order valence-electron chi connectivity index (χ1n) is 7.55. The Morgan fingerprint density at radius 1 is 1.29 bits per heavy atom.